The van der Waals surface area contributed by atoms with Gasteiger partial charge in [-0.2, -0.15) is 5.10 Å². The molecule has 124 valence electrons. The lowest BCUT2D eigenvalue weighted by Crippen LogP contribution is -2.37. The second-order valence-electron chi connectivity index (χ2n) is 4.77. The van der Waals surface area contributed by atoms with Gasteiger partial charge in [0.05, 0.1) is 13.3 Å². The maximum atomic E-state index is 11.7. The Morgan fingerprint density at radius 2 is 1.88 bits per heavy atom. The number of carbonyl (C=O) groups excluding carboxylic acids is 2. The van der Waals surface area contributed by atoms with Crippen molar-refractivity contribution in [2.75, 3.05) is 7.11 Å². The van der Waals surface area contributed by atoms with Crippen LogP contribution in [0.5, 0.6) is 11.5 Å². The van der Waals surface area contributed by atoms with E-state index in [1.54, 1.807) is 18.2 Å². The molecule has 7 nitrogen and oxygen atoms in total. The summed E-state index contributed by atoms with van der Waals surface area (Å²) in [6, 6.07) is 14.0. The topological polar surface area (TPSA) is 100 Å². The van der Waals surface area contributed by atoms with Crippen LogP contribution in [0.1, 0.15) is 11.1 Å². The molecule has 0 aliphatic carbocycles. The molecule has 2 aromatic carbocycles. The van der Waals surface area contributed by atoms with Crippen LogP contribution in [0.15, 0.2) is 53.6 Å². The average molecular weight is 327 g/mol. The molecule has 2 aromatic rings. The number of phenolic OH excluding ortho intramolecular Hbond substituents is 1. The van der Waals surface area contributed by atoms with E-state index in [-0.39, 0.29) is 18.0 Å². The summed E-state index contributed by atoms with van der Waals surface area (Å²) in [5.74, 6) is -1.52. The molecule has 0 spiro atoms. The van der Waals surface area contributed by atoms with Crippen LogP contribution in [-0.4, -0.2) is 30.2 Å². The molecule has 0 saturated carbocycles. The quantitative estimate of drug-likeness (QED) is 0.436. The first kappa shape index (κ1) is 17.0. The smallest absolute Gasteiger partial charge is 0.329 e. The van der Waals surface area contributed by atoms with E-state index in [0.717, 1.165) is 5.56 Å². The van der Waals surface area contributed by atoms with Gasteiger partial charge in [0.25, 0.3) is 0 Å². The highest BCUT2D eigenvalue weighted by Crippen LogP contribution is 2.27. The number of benzene rings is 2. The second kappa shape index (κ2) is 8.33. The number of phenols is 1. The number of para-hydroxylation sites is 1. The van der Waals surface area contributed by atoms with Crippen LogP contribution >= 0.6 is 0 Å². The molecule has 2 rings (SSSR count). The summed E-state index contributed by atoms with van der Waals surface area (Å²) in [5, 5.41) is 16.0. The fourth-order valence-electron chi connectivity index (χ4n) is 1.88. The van der Waals surface area contributed by atoms with Crippen molar-refractivity contribution in [2.24, 2.45) is 5.10 Å². The molecule has 0 saturated heterocycles. The van der Waals surface area contributed by atoms with Gasteiger partial charge in [-0.1, -0.05) is 36.4 Å². The summed E-state index contributed by atoms with van der Waals surface area (Å²) >= 11 is 0. The Bertz CT molecular complexity index is 745. The summed E-state index contributed by atoms with van der Waals surface area (Å²) < 4.78 is 4.96. The van der Waals surface area contributed by atoms with Gasteiger partial charge in [-0.3, -0.25) is 9.59 Å². The van der Waals surface area contributed by atoms with Gasteiger partial charge >= 0.3 is 11.8 Å². The number of ether oxygens (including phenoxy) is 1. The van der Waals surface area contributed by atoms with Crippen molar-refractivity contribution in [3.63, 3.8) is 0 Å². The van der Waals surface area contributed by atoms with Crippen molar-refractivity contribution in [1.29, 1.82) is 0 Å². The maximum absolute atomic E-state index is 11.7. The second-order valence-corrected chi connectivity index (χ2v) is 4.77. The summed E-state index contributed by atoms with van der Waals surface area (Å²) in [5.41, 5.74) is 3.32. The van der Waals surface area contributed by atoms with E-state index in [0.29, 0.717) is 5.56 Å². The maximum Gasteiger partial charge on any atom is 0.329 e. The number of amides is 2. The Kier molecular flexibility index (Phi) is 5.90. The zero-order chi connectivity index (χ0) is 17.4. The van der Waals surface area contributed by atoms with E-state index in [1.807, 2.05) is 30.3 Å². The summed E-state index contributed by atoms with van der Waals surface area (Å²) in [4.78, 5) is 23.3. The number of aromatic hydroxyl groups is 1. The van der Waals surface area contributed by atoms with Crippen molar-refractivity contribution in [3.8, 4) is 11.5 Å². The molecule has 0 heterocycles. The van der Waals surface area contributed by atoms with Crippen LogP contribution in [0.2, 0.25) is 0 Å². The third kappa shape index (κ3) is 4.57. The number of nitrogens with zero attached hydrogens (tertiary/aromatic N) is 1. The summed E-state index contributed by atoms with van der Waals surface area (Å²) in [6.07, 6.45) is 1.22. The molecule has 2 amide bonds. The zero-order valence-corrected chi connectivity index (χ0v) is 13.0. The van der Waals surface area contributed by atoms with E-state index in [1.165, 1.54) is 13.3 Å². The van der Waals surface area contributed by atoms with Gasteiger partial charge in [-0.25, -0.2) is 5.43 Å². The normalized spacial score (nSPS) is 10.4. The lowest BCUT2D eigenvalue weighted by Gasteiger charge is -2.05. The van der Waals surface area contributed by atoms with Gasteiger partial charge in [-0.15, -0.1) is 0 Å². The SMILES string of the molecule is COc1cccc(/C=N\NC(=O)C(=O)NCc2ccccc2)c1O. The van der Waals surface area contributed by atoms with Crippen molar-refractivity contribution in [2.45, 2.75) is 6.54 Å². The largest absolute Gasteiger partial charge is 0.504 e. The van der Waals surface area contributed by atoms with Gasteiger partial charge in [0.2, 0.25) is 0 Å². The Balaban J connectivity index is 1.87. The monoisotopic (exact) mass is 327 g/mol. The fraction of sp³-hybridized carbons (Fsp3) is 0.118. The van der Waals surface area contributed by atoms with Crippen LogP contribution in [0, 0.1) is 0 Å². The summed E-state index contributed by atoms with van der Waals surface area (Å²) in [7, 11) is 1.43. The standard InChI is InChI=1S/C17H17N3O4/c1-24-14-9-5-8-13(15(14)21)11-19-20-17(23)16(22)18-10-12-6-3-2-4-7-12/h2-9,11,21H,10H2,1H3,(H,18,22)(H,20,23)/b19-11-. The first-order valence-electron chi connectivity index (χ1n) is 7.13. The first-order valence-corrected chi connectivity index (χ1v) is 7.13. The van der Waals surface area contributed by atoms with E-state index in [4.69, 9.17) is 4.74 Å². The average Bonchev–Trinajstić information content (AvgIpc) is 2.61. The highest BCUT2D eigenvalue weighted by Gasteiger charge is 2.12. The minimum Gasteiger partial charge on any atom is -0.504 e. The van der Waals surface area contributed by atoms with Gasteiger partial charge in [0.15, 0.2) is 11.5 Å². The first-order chi connectivity index (χ1) is 11.6. The minimum absolute atomic E-state index is 0.105. The van der Waals surface area contributed by atoms with Crippen LogP contribution in [-0.2, 0) is 16.1 Å². The van der Waals surface area contributed by atoms with E-state index in [2.05, 4.69) is 15.8 Å². The van der Waals surface area contributed by atoms with E-state index in [9.17, 15) is 14.7 Å². The molecular formula is C17H17N3O4. The number of hydrogen-bond donors (Lipinski definition) is 3. The Labute approximate surface area is 139 Å². The molecule has 3 N–H and O–H groups in total. The number of rotatable bonds is 5. The van der Waals surface area contributed by atoms with Crippen molar-refractivity contribution < 1.29 is 19.4 Å². The molecule has 0 bridgehead atoms. The third-order valence-corrected chi connectivity index (χ3v) is 3.12. The Morgan fingerprint density at radius 3 is 2.58 bits per heavy atom. The molecule has 0 fully saturated rings. The highest BCUT2D eigenvalue weighted by molar-refractivity contribution is 6.35. The number of carbonyl (C=O) groups is 2. The molecule has 0 aromatic heterocycles. The van der Waals surface area contributed by atoms with Gasteiger partial charge < -0.3 is 15.2 Å². The molecule has 24 heavy (non-hydrogen) atoms. The van der Waals surface area contributed by atoms with Gasteiger partial charge in [-0.05, 0) is 17.7 Å². The van der Waals surface area contributed by atoms with Gasteiger partial charge in [0.1, 0.15) is 0 Å². The van der Waals surface area contributed by atoms with Gasteiger partial charge in [0, 0.05) is 12.1 Å². The van der Waals surface area contributed by atoms with Crippen LogP contribution in [0.25, 0.3) is 0 Å². The summed E-state index contributed by atoms with van der Waals surface area (Å²) in [6.45, 7) is 0.244. The molecule has 0 atom stereocenters. The lowest BCUT2D eigenvalue weighted by molar-refractivity contribution is -0.139. The number of methoxy groups -OCH3 is 1. The molecule has 0 radical (unpaired) electrons. The van der Waals surface area contributed by atoms with Crippen molar-refractivity contribution in [3.05, 3.63) is 59.7 Å². The van der Waals surface area contributed by atoms with E-state index >= 15 is 0 Å². The number of nitrogens with one attached hydrogen (secondary N) is 2. The molecular weight excluding hydrogens is 310 g/mol. The van der Waals surface area contributed by atoms with Crippen LogP contribution in [0.4, 0.5) is 0 Å². The lowest BCUT2D eigenvalue weighted by atomic mass is 10.2. The number of hydrazone groups is 1. The van der Waals surface area contributed by atoms with Crippen LogP contribution in [0.3, 0.4) is 0 Å². The van der Waals surface area contributed by atoms with E-state index < -0.39 is 11.8 Å². The molecule has 0 unspecified atom stereocenters. The molecule has 0 aliphatic heterocycles. The molecule has 7 heteroatoms. The molecule has 0 aliphatic rings. The Hall–Kier alpha value is -3.35. The predicted octanol–water partition coefficient (Wildman–Crippen LogP) is 1.17. The Morgan fingerprint density at radius 1 is 1.12 bits per heavy atom. The minimum atomic E-state index is -0.899. The fourth-order valence-corrected chi connectivity index (χ4v) is 1.88. The third-order valence-electron chi connectivity index (χ3n) is 3.12. The van der Waals surface area contributed by atoms with Crippen molar-refractivity contribution >= 4 is 18.0 Å². The highest BCUT2D eigenvalue weighted by atomic mass is 16.5. The zero-order valence-electron chi connectivity index (χ0n) is 13.0. The van der Waals surface area contributed by atoms with Crippen molar-refractivity contribution in [1.82, 2.24) is 10.7 Å². The number of hydrogen-bond acceptors (Lipinski definition) is 5. The van der Waals surface area contributed by atoms with Crippen LogP contribution < -0.4 is 15.5 Å². The predicted molar refractivity (Wildman–Crippen MR) is 88.7 cm³/mol.